The summed E-state index contributed by atoms with van der Waals surface area (Å²) in [5.74, 6) is 0. The molecule has 4 nitrogen and oxygen atoms in total. The van der Waals surface area contributed by atoms with Crippen LogP contribution in [-0.4, -0.2) is 15.5 Å². The fourth-order valence-electron chi connectivity index (χ4n) is 0.128. The van der Waals surface area contributed by atoms with Crippen molar-refractivity contribution in [2.75, 3.05) is 7.11 Å². The molecule has 0 aromatic carbocycles. The van der Waals surface area contributed by atoms with E-state index in [4.69, 9.17) is 0 Å². The van der Waals surface area contributed by atoms with E-state index in [9.17, 15) is 12.8 Å². The molecule has 0 rings (SSSR count). The van der Waals surface area contributed by atoms with Gasteiger partial charge in [-0.2, -0.15) is 8.42 Å². The summed E-state index contributed by atoms with van der Waals surface area (Å²) in [6.45, 7) is 0. The van der Waals surface area contributed by atoms with Crippen LogP contribution in [0.4, 0.5) is 4.39 Å². The van der Waals surface area contributed by atoms with E-state index < -0.39 is 10.4 Å². The Hall–Kier alpha value is -0.620. The van der Waals surface area contributed by atoms with Gasteiger partial charge in [0.25, 0.3) is 0 Å². The molecule has 0 saturated carbocycles. The van der Waals surface area contributed by atoms with Crippen LogP contribution in [0.15, 0.2) is 12.6 Å². The van der Waals surface area contributed by atoms with Gasteiger partial charge in [-0.05, 0) is 0 Å². The molecule has 54 valence electrons. The van der Waals surface area contributed by atoms with Crippen molar-refractivity contribution in [2.24, 2.45) is 0 Å². The second-order valence-corrected chi connectivity index (χ2v) is 2.28. The van der Waals surface area contributed by atoms with Crippen molar-refractivity contribution in [3.63, 3.8) is 0 Å². The normalized spacial score (nSPS) is 12.2. The molecule has 0 heterocycles. The highest BCUT2D eigenvalue weighted by molar-refractivity contribution is 7.81. The van der Waals surface area contributed by atoms with Crippen molar-refractivity contribution in [2.45, 2.75) is 0 Å². The molecule has 0 fully saturated rings. The Morgan fingerprint density at radius 1 is 1.56 bits per heavy atom. The predicted molar refractivity (Wildman–Crippen MR) is 27.3 cm³/mol. The minimum atomic E-state index is -4.01. The Morgan fingerprint density at radius 2 is 2.11 bits per heavy atom. The zero-order chi connectivity index (χ0) is 7.33. The predicted octanol–water partition coefficient (Wildman–Crippen LogP) is 0.335. The topological polar surface area (TPSA) is 52.6 Å². The van der Waals surface area contributed by atoms with Gasteiger partial charge in [0.05, 0.1) is 7.11 Å². The van der Waals surface area contributed by atoms with E-state index in [1.54, 1.807) is 0 Å². The largest absolute Gasteiger partial charge is 0.448 e. The van der Waals surface area contributed by atoms with E-state index in [0.717, 1.165) is 7.11 Å². The lowest BCUT2D eigenvalue weighted by Gasteiger charge is -1.94. The molecule has 0 N–H and O–H groups in total. The molecule has 6 heteroatoms. The molecule has 0 spiro atoms. The zero-order valence-electron chi connectivity index (χ0n) is 4.57. The second-order valence-electron chi connectivity index (χ2n) is 0.933. The molecule has 9 heavy (non-hydrogen) atoms. The van der Waals surface area contributed by atoms with Crippen LogP contribution in [0.25, 0.3) is 0 Å². The minimum absolute atomic E-state index is 0.0590. The zero-order valence-corrected chi connectivity index (χ0v) is 5.39. The van der Waals surface area contributed by atoms with Crippen molar-refractivity contribution in [3.8, 4) is 0 Å². The molecule has 0 saturated heterocycles. The highest BCUT2D eigenvalue weighted by atomic mass is 32.3. The SMILES string of the molecule is COS(=O)(=O)OC=CF. The van der Waals surface area contributed by atoms with Crippen molar-refractivity contribution in [3.05, 3.63) is 12.6 Å². The van der Waals surface area contributed by atoms with Crippen LogP contribution in [0.5, 0.6) is 0 Å². The third-order valence-electron chi connectivity index (χ3n) is 0.429. The summed E-state index contributed by atoms with van der Waals surface area (Å²) >= 11 is 0. The van der Waals surface area contributed by atoms with Crippen LogP contribution in [-0.2, 0) is 18.8 Å². The molecule has 0 atom stereocenters. The van der Waals surface area contributed by atoms with Gasteiger partial charge in [-0.3, -0.25) is 0 Å². The van der Waals surface area contributed by atoms with Gasteiger partial charge >= 0.3 is 10.4 Å². The van der Waals surface area contributed by atoms with Crippen molar-refractivity contribution < 1.29 is 21.2 Å². The second kappa shape index (κ2) is 3.41. The summed E-state index contributed by atoms with van der Waals surface area (Å²) in [4.78, 5) is 0. The number of rotatable bonds is 3. The molecular formula is C3H5FO4S. The monoisotopic (exact) mass is 156 g/mol. The van der Waals surface area contributed by atoms with Gasteiger partial charge in [-0.25, -0.2) is 8.57 Å². The molecule has 0 amide bonds. The Kier molecular flexibility index (Phi) is 3.18. The van der Waals surface area contributed by atoms with Crippen molar-refractivity contribution in [1.29, 1.82) is 0 Å². The molecule has 0 aliphatic heterocycles. The molecule has 0 aromatic rings. The van der Waals surface area contributed by atoms with E-state index in [2.05, 4.69) is 8.37 Å². The fourth-order valence-corrected chi connectivity index (χ4v) is 0.385. The third-order valence-corrected chi connectivity index (χ3v) is 1.18. The van der Waals surface area contributed by atoms with Crippen LogP contribution in [0, 0.1) is 0 Å². The minimum Gasteiger partial charge on any atom is -0.367 e. The number of halogens is 1. The lowest BCUT2D eigenvalue weighted by Crippen LogP contribution is -2.02. The first-order valence-electron chi connectivity index (χ1n) is 1.86. The van der Waals surface area contributed by atoms with Gasteiger partial charge in [-0.1, -0.05) is 0 Å². The average molecular weight is 156 g/mol. The van der Waals surface area contributed by atoms with Crippen molar-refractivity contribution >= 4 is 10.4 Å². The maximum absolute atomic E-state index is 11.0. The smallest absolute Gasteiger partial charge is 0.367 e. The highest BCUT2D eigenvalue weighted by Gasteiger charge is 2.04. The third kappa shape index (κ3) is 3.92. The van der Waals surface area contributed by atoms with Gasteiger partial charge in [0.1, 0.15) is 12.6 Å². The van der Waals surface area contributed by atoms with Crippen LogP contribution in [0.2, 0.25) is 0 Å². The Bertz CT molecular complexity index is 182. The Labute approximate surface area is 52.2 Å². The Morgan fingerprint density at radius 3 is 2.44 bits per heavy atom. The number of hydrogen-bond acceptors (Lipinski definition) is 4. The van der Waals surface area contributed by atoms with Gasteiger partial charge in [0, 0.05) is 0 Å². The van der Waals surface area contributed by atoms with E-state index in [1.807, 2.05) is 0 Å². The summed E-state index contributed by atoms with van der Waals surface area (Å²) < 4.78 is 38.7. The standard InChI is InChI=1S/C3H5FO4S/c1-7-9(5,6)8-3-2-4/h2-3H,1H3. The van der Waals surface area contributed by atoms with Gasteiger partial charge in [0.2, 0.25) is 0 Å². The summed E-state index contributed by atoms with van der Waals surface area (Å²) in [7, 11) is -3.10. The van der Waals surface area contributed by atoms with Crippen LogP contribution in [0.3, 0.4) is 0 Å². The summed E-state index contributed by atoms with van der Waals surface area (Å²) in [5, 5.41) is 0. The van der Waals surface area contributed by atoms with E-state index >= 15 is 0 Å². The number of hydrogen-bond donors (Lipinski definition) is 0. The van der Waals surface area contributed by atoms with Crippen LogP contribution in [0.1, 0.15) is 0 Å². The molecule has 0 bridgehead atoms. The van der Waals surface area contributed by atoms with Gasteiger partial charge in [0.15, 0.2) is 0 Å². The first kappa shape index (κ1) is 8.38. The average Bonchev–Trinajstić information content (AvgIpc) is 1.84. The molecule has 0 aliphatic carbocycles. The maximum atomic E-state index is 11.0. The van der Waals surface area contributed by atoms with Crippen LogP contribution >= 0.6 is 0 Å². The van der Waals surface area contributed by atoms with Crippen molar-refractivity contribution in [1.82, 2.24) is 0 Å². The first-order valence-corrected chi connectivity index (χ1v) is 3.20. The first-order chi connectivity index (χ1) is 4.12. The molecule has 0 aliphatic rings. The quantitative estimate of drug-likeness (QED) is 0.553. The summed E-state index contributed by atoms with van der Waals surface area (Å²) in [5.41, 5.74) is 0. The lowest BCUT2D eigenvalue weighted by atomic mass is 11.1. The van der Waals surface area contributed by atoms with E-state index in [1.165, 1.54) is 0 Å². The maximum Gasteiger partial charge on any atom is 0.448 e. The molecular weight excluding hydrogens is 151 g/mol. The molecule has 0 unspecified atom stereocenters. The molecule has 0 radical (unpaired) electrons. The van der Waals surface area contributed by atoms with Gasteiger partial charge < -0.3 is 4.18 Å². The summed E-state index contributed by atoms with van der Waals surface area (Å²) in [6.07, 6.45) is 0.301. The highest BCUT2D eigenvalue weighted by Crippen LogP contribution is 1.92. The van der Waals surface area contributed by atoms with Crippen LogP contribution < -0.4 is 0 Å². The van der Waals surface area contributed by atoms with E-state index in [-0.39, 0.29) is 6.33 Å². The Balaban J connectivity index is 3.90. The lowest BCUT2D eigenvalue weighted by molar-refractivity contribution is 0.306. The fraction of sp³-hybridized carbons (Fsp3) is 0.333. The van der Waals surface area contributed by atoms with E-state index in [0.29, 0.717) is 6.26 Å². The molecule has 0 aromatic heterocycles. The summed E-state index contributed by atoms with van der Waals surface area (Å²) in [6, 6.07) is 0. The van der Waals surface area contributed by atoms with Gasteiger partial charge in [-0.15, -0.1) is 0 Å².